The van der Waals surface area contributed by atoms with E-state index in [-0.39, 0.29) is 6.10 Å². The molecule has 43 heavy (non-hydrogen) atoms. The van der Waals surface area contributed by atoms with E-state index in [1.54, 1.807) is 0 Å². The Bertz CT molecular complexity index is 727. The molecule has 0 saturated carbocycles. The van der Waals surface area contributed by atoms with Gasteiger partial charge in [0.15, 0.2) is 0 Å². The second kappa shape index (κ2) is 25.0. The highest BCUT2D eigenvalue weighted by Gasteiger charge is 2.21. The van der Waals surface area contributed by atoms with Crippen molar-refractivity contribution in [3.63, 3.8) is 0 Å². The van der Waals surface area contributed by atoms with Crippen LogP contribution in [0.25, 0.3) is 0 Å². The van der Waals surface area contributed by atoms with E-state index in [2.05, 4.69) is 108 Å². The molecule has 1 N–H and O–H groups in total. The number of nitrogens with zero attached hydrogens (tertiary/aromatic N) is 3. The van der Waals surface area contributed by atoms with Crippen LogP contribution in [0.5, 0.6) is 0 Å². The Labute approximate surface area is 266 Å². The van der Waals surface area contributed by atoms with Crippen LogP contribution in [0.2, 0.25) is 0 Å². The highest BCUT2D eigenvalue weighted by Crippen LogP contribution is 2.20. The van der Waals surface area contributed by atoms with Crippen LogP contribution in [-0.2, 0) is 19.0 Å². The average Bonchev–Trinajstić information content (AvgIpc) is 2.89. The number of nitrogens with one attached hydrogen (secondary N) is 1. The molecule has 0 spiro atoms. The van der Waals surface area contributed by atoms with Crippen molar-refractivity contribution in [2.75, 3.05) is 92.4 Å². The Morgan fingerprint density at radius 1 is 0.977 bits per heavy atom. The molecule has 2 atom stereocenters. The summed E-state index contributed by atoms with van der Waals surface area (Å²) in [5, 5.41) is 2.67. The zero-order chi connectivity index (χ0) is 32.7. The van der Waals surface area contributed by atoms with Crippen molar-refractivity contribution < 1.29 is 19.0 Å². The Morgan fingerprint density at radius 2 is 1.58 bits per heavy atom. The first kappa shape index (κ1) is 41.8. The topological polar surface area (TPSA) is 66.5 Å². The largest absolute Gasteiger partial charge is 0.380 e. The number of carbonyl (C=O) groups is 1. The van der Waals surface area contributed by atoms with Gasteiger partial charge in [0.1, 0.15) is 0 Å². The quantitative estimate of drug-likeness (QED) is 0.171. The molecule has 0 aromatic carbocycles. The molecule has 0 aromatic heterocycles. The Balaban J connectivity index is 0.000000730. The van der Waals surface area contributed by atoms with E-state index in [4.69, 9.17) is 14.2 Å². The minimum Gasteiger partial charge on any atom is -0.380 e. The first-order chi connectivity index (χ1) is 20.2. The molecule has 0 bridgehead atoms. The zero-order valence-electron chi connectivity index (χ0n) is 30.0. The highest BCUT2D eigenvalue weighted by molar-refractivity contribution is 5.45. The summed E-state index contributed by atoms with van der Waals surface area (Å²) in [6, 6.07) is 0. The predicted octanol–water partition coefficient (Wildman–Crippen LogP) is 4.87. The maximum Gasteiger partial charge on any atom is 0.207 e. The fourth-order valence-electron chi connectivity index (χ4n) is 4.73. The van der Waals surface area contributed by atoms with E-state index >= 15 is 0 Å². The van der Waals surface area contributed by atoms with E-state index < -0.39 is 0 Å². The minimum absolute atomic E-state index is 0.106. The number of morpholine rings is 2. The molecule has 2 aliphatic rings. The monoisotopic (exact) mass is 611 g/mol. The third kappa shape index (κ3) is 28.0. The van der Waals surface area contributed by atoms with Crippen LogP contribution in [0.1, 0.15) is 82.1 Å². The molecule has 2 fully saturated rings. The van der Waals surface area contributed by atoms with Gasteiger partial charge in [0, 0.05) is 64.9 Å². The molecule has 8 heteroatoms. The van der Waals surface area contributed by atoms with Crippen LogP contribution in [-0.4, -0.2) is 126 Å². The van der Waals surface area contributed by atoms with Crippen LogP contribution in [0.3, 0.4) is 0 Å². The van der Waals surface area contributed by atoms with Crippen molar-refractivity contribution in [3.8, 4) is 11.8 Å². The molecule has 2 heterocycles. The first-order valence-corrected chi connectivity index (χ1v) is 16.8. The van der Waals surface area contributed by atoms with Gasteiger partial charge in [0.05, 0.1) is 38.6 Å². The molecule has 0 aliphatic carbocycles. The van der Waals surface area contributed by atoms with Gasteiger partial charge < -0.3 is 24.4 Å². The van der Waals surface area contributed by atoms with Gasteiger partial charge in [0.2, 0.25) is 6.41 Å². The van der Waals surface area contributed by atoms with E-state index in [0.717, 1.165) is 97.5 Å². The minimum atomic E-state index is 0.106. The van der Waals surface area contributed by atoms with Gasteiger partial charge in [-0.3, -0.25) is 14.6 Å². The lowest BCUT2D eigenvalue weighted by atomic mass is 9.91. The number of ether oxygens (including phenoxy) is 3. The van der Waals surface area contributed by atoms with Gasteiger partial charge in [-0.15, -0.1) is 0 Å². The maximum absolute atomic E-state index is 10.3. The van der Waals surface area contributed by atoms with E-state index in [1.807, 2.05) is 0 Å². The summed E-state index contributed by atoms with van der Waals surface area (Å²) in [4.78, 5) is 17.4. The maximum atomic E-state index is 10.3. The third-order valence-electron chi connectivity index (χ3n) is 6.53. The summed E-state index contributed by atoms with van der Waals surface area (Å²) >= 11 is 0. The zero-order valence-corrected chi connectivity index (χ0v) is 30.0. The molecule has 2 saturated heterocycles. The van der Waals surface area contributed by atoms with Gasteiger partial charge in [-0.1, -0.05) is 81.1 Å². The lowest BCUT2D eigenvalue weighted by molar-refractivity contribution is -0.110. The number of rotatable bonds is 14. The summed E-state index contributed by atoms with van der Waals surface area (Å²) in [5.41, 5.74) is 0.395. The highest BCUT2D eigenvalue weighted by atomic mass is 16.5. The normalized spacial score (nSPS) is 19.8. The van der Waals surface area contributed by atoms with Crippen molar-refractivity contribution in [1.82, 2.24) is 20.0 Å². The molecule has 2 aliphatic heterocycles. The van der Waals surface area contributed by atoms with Crippen molar-refractivity contribution in [2.24, 2.45) is 23.2 Å². The van der Waals surface area contributed by atoms with Crippen molar-refractivity contribution in [2.45, 2.75) is 94.3 Å². The van der Waals surface area contributed by atoms with Crippen molar-refractivity contribution in [3.05, 3.63) is 0 Å². The average molecular weight is 611 g/mol. The molecule has 1 amide bonds. The summed E-state index contributed by atoms with van der Waals surface area (Å²) in [6.07, 6.45) is 3.48. The van der Waals surface area contributed by atoms with Gasteiger partial charge >= 0.3 is 0 Å². The third-order valence-corrected chi connectivity index (χ3v) is 6.53. The lowest BCUT2D eigenvalue weighted by Crippen LogP contribution is -2.47. The van der Waals surface area contributed by atoms with E-state index in [0.29, 0.717) is 29.9 Å². The van der Waals surface area contributed by atoms with Crippen LogP contribution >= 0.6 is 0 Å². The van der Waals surface area contributed by atoms with Gasteiger partial charge in [-0.25, -0.2) is 0 Å². The van der Waals surface area contributed by atoms with Crippen LogP contribution in [0.15, 0.2) is 0 Å². The molecule has 0 aromatic rings. The summed E-state index contributed by atoms with van der Waals surface area (Å²) < 4.78 is 17.1. The van der Waals surface area contributed by atoms with Gasteiger partial charge in [-0.05, 0) is 37.1 Å². The van der Waals surface area contributed by atoms with Gasteiger partial charge in [0.25, 0.3) is 0 Å². The molecular formula is C35H70N4O4. The van der Waals surface area contributed by atoms with Gasteiger partial charge in [-0.2, -0.15) is 0 Å². The van der Waals surface area contributed by atoms with Crippen LogP contribution < -0.4 is 5.32 Å². The predicted molar refractivity (Wildman–Crippen MR) is 181 cm³/mol. The Morgan fingerprint density at radius 3 is 2.16 bits per heavy atom. The molecule has 254 valence electrons. The number of amides is 1. The van der Waals surface area contributed by atoms with E-state index in [1.165, 1.54) is 6.42 Å². The molecule has 2 unspecified atom stereocenters. The van der Waals surface area contributed by atoms with Crippen LogP contribution in [0, 0.1) is 35.0 Å². The summed E-state index contributed by atoms with van der Waals surface area (Å²) in [5.74, 6) is 8.51. The molecule has 2 rings (SSSR count). The standard InChI is InChI=1S/C16H30N2O.C15H30N2O3.C4H10/c1-14(2)7-6-8-18-9-10-19-16(13-18)12-17(5)11-15(3)4;1-15(2,3)5-4-8-19-9-6-17-7-10-20-14(12-17)11-16-13-18;1-4(2)3/h14-16H,8-13H2,1-5H3;13-14H,4-12H2,1-3H3,(H,16,18);4H,1-3H3. The fourth-order valence-corrected chi connectivity index (χ4v) is 4.73. The second-order valence-corrected chi connectivity index (χ2v) is 14.6. The van der Waals surface area contributed by atoms with Crippen molar-refractivity contribution >= 4 is 6.41 Å². The molecule has 0 radical (unpaired) electrons. The Hall–Kier alpha value is -1.21. The van der Waals surface area contributed by atoms with E-state index in [9.17, 15) is 4.79 Å². The van der Waals surface area contributed by atoms with Crippen molar-refractivity contribution in [1.29, 1.82) is 0 Å². The smallest absolute Gasteiger partial charge is 0.207 e. The molecular weight excluding hydrogens is 540 g/mol. The number of hydrogen-bond donors (Lipinski definition) is 1. The van der Waals surface area contributed by atoms with Crippen LogP contribution in [0.4, 0.5) is 0 Å². The number of hydrogen-bond acceptors (Lipinski definition) is 7. The number of likely N-dealkylation sites (N-methyl/N-ethyl adjacent to an activating group) is 1. The Kier molecular flexibility index (Phi) is 24.3. The first-order valence-electron chi connectivity index (χ1n) is 16.8. The summed E-state index contributed by atoms with van der Waals surface area (Å²) in [7, 11) is 2.18. The summed E-state index contributed by atoms with van der Waals surface area (Å²) in [6.45, 7) is 33.6. The molecule has 8 nitrogen and oxygen atoms in total. The second-order valence-electron chi connectivity index (χ2n) is 14.6. The lowest BCUT2D eigenvalue weighted by Gasteiger charge is -2.34. The number of carbonyl (C=O) groups excluding carboxylic acids is 1. The fraction of sp³-hybridized carbons (Fsp3) is 0.914. The SMILES string of the molecule is CC(C)(C)CCCOCCN1CCOC(CNC=O)C1.CC(C)C.CC(C)C#CCN1CCOC(CN(C)CC(C)C)C1.